The summed E-state index contributed by atoms with van der Waals surface area (Å²) in [6.45, 7) is 0.874. The fraction of sp³-hybridized carbons (Fsp3) is 0.200. The zero-order chi connectivity index (χ0) is 23.1. The summed E-state index contributed by atoms with van der Waals surface area (Å²) in [6, 6.07) is 13.0. The molecule has 168 valence electrons. The summed E-state index contributed by atoms with van der Waals surface area (Å²) in [5.74, 6) is -0.252. The van der Waals surface area contributed by atoms with Gasteiger partial charge in [0.25, 0.3) is 5.69 Å². The second kappa shape index (κ2) is 10.2. The molecule has 32 heavy (non-hydrogen) atoms. The molecule has 1 unspecified atom stereocenters. The van der Waals surface area contributed by atoms with E-state index in [4.69, 9.17) is 13.8 Å². The average Bonchev–Trinajstić information content (AvgIpc) is 2.78. The predicted molar refractivity (Wildman–Crippen MR) is 114 cm³/mol. The molecule has 11 nitrogen and oxygen atoms in total. The number of nitro groups is 1. The van der Waals surface area contributed by atoms with E-state index >= 15 is 0 Å². The molecule has 0 aliphatic heterocycles. The zero-order valence-corrected chi connectivity index (χ0v) is 18.1. The van der Waals surface area contributed by atoms with Crippen molar-refractivity contribution < 1.29 is 32.8 Å². The number of para-hydroxylation sites is 1. The molecule has 0 aliphatic carbocycles. The summed E-state index contributed by atoms with van der Waals surface area (Å²) in [5.41, 5.74) is 0.105. The van der Waals surface area contributed by atoms with Gasteiger partial charge in [-0.25, -0.2) is 9.09 Å². The van der Waals surface area contributed by atoms with Crippen molar-refractivity contribution in [2.75, 3.05) is 13.9 Å². The molecule has 1 heterocycles. The van der Waals surface area contributed by atoms with E-state index in [1.165, 1.54) is 38.4 Å². The van der Waals surface area contributed by atoms with Gasteiger partial charge in [0.2, 0.25) is 6.79 Å². The van der Waals surface area contributed by atoms with E-state index in [2.05, 4.69) is 14.8 Å². The normalized spacial score (nSPS) is 13.7. The Balaban J connectivity index is 1.79. The van der Waals surface area contributed by atoms with Gasteiger partial charge in [-0.2, -0.15) is 5.09 Å². The molecule has 0 saturated heterocycles. The van der Waals surface area contributed by atoms with Crippen LogP contribution in [0.3, 0.4) is 0 Å². The van der Waals surface area contributed by atoms with Gasteiger partial charge in [-0.1, -0.05) is 18.2 Å². The summed E-state index contributed by atoms with van der Waals surface area (Å²) in [6.07, 6.45) is 1.46. The number of rotatable bonds is 10. The molecule has 2 aromatic carbocycles. The van der Waals surface area contributed by atoms with Crippen LogP contribution in [-0.4, -0.2) is 35.8 Å². The molecular formula is C20H20N3O8P. The lowest BCUT2D eigenvalue weighted by Gasteiger charge is -2.22. The second-order valence-electron chi connectivity index (χ2n) is 6.41. The minimum atomic E-state index is -4.09. The van der Waals surface area contributed by atoms with Crippen LogP contribution >= 0.6 is 7.75 Å². The standard InChI is InChI=1S/C20H20N3O8P/c1-14(20(24)28-2)22-32(27,31-15-7-4-3-5-8-15)30-13-29-18-11-10-17(23(25)26)16-9-6-12-21-19(16)18/h3-12,14H,13H2,1-2H3,(H,22,27)/t14-,32?/m0/s1. The van der Waals surface area contributed by atoms with Crippen LogP contribution in [0, 0.1) is 10.1 Å². The van der Waals surface area contributed by atoms with Crippen molar-refractivity contribution in [1.29, 1.82) is 0 Å². The number of carbonyl (C=O) groups excluding carboxylic acids is 1. The number of methoxy groups -OCH3 is 1. The Morgan fingerprint density at radius 1 is 1.19 bits per heavy atom. The lowest BCUT2D eigenvalue weighted by atomic mass is 10.1. The summed E-state index contributed by atoms with van der Waals surface area (Å²) in [7, 11) is -2.90. The molecule has 0 bridgehead atoms. The van der Waals surface area contributed by atoms with Gasteiger partial charge >= 0.3 is 13.7 Å². The molecule has 1 aromatic heterocycles. The van der Waals surface area contributed by atoms with E-state index in [1.807, 2.05) is 0 Å². The lowest BCUT2D eigenvalue weighted by molar-refractivity contribution is -0.383. The SMILES string of the molecule is COC(=O)[C@H](C)NP(=O)(OCOc1ccc([N+](=O)[O-])c2cccnc12)Oc1ccccc1. The highest BCUT2D eigenvalue weighted by Gasteiger charge is 2.32. The highest BCUT2D eigenvalue weighted by Crippen LogP contribution is 2.45. The molecule has 2 atom stereocenters. The monoisotopic (exact) mass is 461 g/mol. The molecule has 0 fully saturated rings. The number of nitrogens with zero attached hydrogens (tertiary/aromatic N) is 2. The van der Waals surface area contributed by atoms with Gasteiger partial charge in [0.15, 0.2) is 0 Å². The smallest absolute Gasteiger partial charge is 0.462 e. The average molecular weight is 461 g/mol. The Morgan fingerprint density at radius 2 is 1.94 bits per heavy atom. The maximum Gasteiger partial charge on any atom is 0.462 e. The highest BCUT2D eigenvalue weighted by atomic mass is 31.2. The summed E-state index contributed by atoms with van der Waals surface area (Å²) in [4.78, 5) is 26.6. The number of hydrogen-bond donors (Lipinski definition) is 1. The van der Waals surface area contributed by atoms with Gasteiger partial charge < -0.3 is 14.0 Å². The molecule has 12 heteroatoms. The van der Waals surface area contributed by atoms with E-state index in [-0.39, 0.29) is 28.1 Å². The van der Waals surface area contributed by atoms with Crippen LogP contribution in [0.5, 0.6) is 11.5 Å². The molecule has 3 aromatic rings. The first-order valence-corrected chi connectivity index (χ1v) is 10.9. The van der Waals surface area contributed by atoms with Crippen molar-refractivity contribution in [3.8, 4) is 11.5 Å². The van der Waals surface area contributed by atoms with Crippen LogP contribution in [0.2, 0.25) is 0 Å². The lowest BCUT2D eigenvalue weighted by Crippen LogP contribution is -2.34. The Kier molecular flexibility index (Phi) is 7.37. The fourth-order valence-corrected chi connectivity index (χ4v) is 4.09. The number of esters is 1. The second-order valence-corrected chi connectivity index (χ2v) is 8.10. The van der Waals surface area contributed by atoms with Gasteiger partial charge in [0.1, 0.15) is 23.1 Å². The first-order valence-electron chi connectivity index (χ1n) is 9.33. The predicted octanol–water partition coefficient (Wildman–Crippen LogP) is 3.83. The van der Waals surface area contributed by atoms with Crippen LogP contribution in [-0.2, 0) is 18.6 Å². The van der Waals surface area contributed by atoms with Crippen molar-refractivity contribution >= 4 is 30.3 Å². The Morgan fingerprint density at radius 3 is 2.62 bits per heavy atom. The summed E-state index contributed by atoms with van der Waals surface area (Å²) < 4.78 is 34.3. The van der Waals surface area contributed by atoms with Crippen LogP contribution < -0.4 is 14.3 Å². The van der Waals surface area contributed by atoms with Crippen molar-refractivity contribution in [3.05, 3.63) is 70.9 Å². The quantitative estimate of drug-likeness (QED) is 0.156. The summed E-state index contributed by atoms with van der Waals surface area (Å²) >= 11 is 0. The summed E-state index contributed by atoms with van der Waals surface area (Å²) in [5, 5.41) is 14.0. The number of hydrogen-bond acceptors (Lipinski definition) is 9. The minimum absolute atomic E-state index is 0.131. The van der Waals surface area contributed by atoms with E-state index in [1.54, 1.807) is 36.4 Å². The number of nitro benzene ring substituents is 1. The first-order chi connectivity index (χ1) is 15.3. The molecule has 0 saturated carbocycles. The number of fused-ring (bicyclic) bond motifs is 1. The van der Waals surface area contributed by atoms with E-state index < -0.39 is 31.5 Å². The van der Waals surface area contributed by atoms with Crippen molar-refractivity contribution in [3.63, 3.8) is 0 Å². The zero-order valence-electron chi connectivity index (χ0n) is 17.2. The Bertz CT molecular complexity index is 1160. The van der Waals surface area contributed by atoms with Gasteiger partial charge in [0.05, 0.1) is 17.4 Å². The molecule has 0 amide bonds. The number of benzene rings is 2. The molecule has 3 rings (SSSR count). The maximum absolute atomic E-state index is 13.3. The third-order valence-electron chi connectivity index (χ3n) is 4.22. The van der Waals surface area contributed by atoms with Crippen LogP contribution in [0.1, 0.15) is 6.92 Å². The largest absolute Gasteiger partial charge is 0.468 e. The Labute approximate surface area is 183 Å². The highest BCUT2D eigenvalue weighted by molar-refractivity contribution is 7.52. The van der Waals surface area contributed by atoms with E-state index in [9.17, 15) is 19.5 Å². The van der Waals surface area contributed by atoms with Gasteiger partial charge in [-0.3, -0.25) is 19.9 Å². The third-order valence-corrected chi connectivity index (χ3v) is 5.82. The van der Waals surface area contributed by atoms with E-state index in [0.717, 1.165) is 0 Å². The number of nitrogens with one attached hydrogen (secondary N) is 1. The van der Waals surface area contributed by atoms with Gasteiger partial charge in [0, 0.05) is 12.3 Å². The topological polar surface area (TPSA) is 139 Å². The number of ether oxygens (including phenoxy) is 2. The fourth-order valence-electron chi connectivity index (χ4n) is 2.74. The number of aromatic nitrogens is 1. The van der Waals surface area contributed by atoms with E-state index in [0.29, 0.717) is 0 Å². The number of carbonyl (C=O) groups is 1. The van der Waals surface area contributed by atoms with Gasteiger partial charge in [-0.05, 0) is 37.3 Å². The molecule has 0 radical (unpaired) electrons. The first kappa shape index (κ1) is 23.1. The number of non-ortho nitro benzene ring substituents is 1. The third kappa shape index (κ3) is 5.58. The number of pyridine rings is 1. The van der Waals surface area contributed by atoms with Crippen LogP contribution in [0.4, 0.5) is 5.69 Å². The molecular weight excluding hydrogens is 441 g/mol. The molecule has 1 N–H and O–H groups in total. The molecule has 0 aliphatic rings. The van der Waals surface area contributed by atoms with Gasteiger partial charge in [-0.15, -0.1) is 0 Å². The van der Waals surface area contributed by atoms with Crippen LogP contribution in [0.15, 0.2) is 60.8 Å². The van der Waals surface area contributed by atoms with Crippen LogP contribution in [0.25, 0.3) is 10.9 Å². The minimum Gasteiger partial charge on any atom is -0.468 e. The molecule has 0 spiro atoms. The Hall–Kier alpha value is -3.53. The van der Waals surface area contributed by atoms with Crippen molar-refractivity contribution in [2.24, 2.45) is 0 Å². The van der Waals surface area contributed by atoms with Crippen molar-refractivity contribution in [2.45, 2.75) is 13.0 Å². The van der Waals surface area contributed by atoms with Crippen molar-refractivity contribution in [1.82, 2.24) is 10.1 Å². The maximum atomic E-state index is 13.3.